The zero-order valence-electron chi connectivity index (χ0n) is 49.9. The summed E-state index contributed by atoms with van der Waals surface area (Å²) in [6.07, 6.45) is 12.3. The van der Waals surface area contributed by atoms with Gasteiger partial charge in [0.15, 0.2) is 0 Å². The predicted molar refractivity (Wildman–Crippen MR) is 375 cm³/mol. The molecule has 0 nitrogen and oxygen atoms in total. The fourth-order valence-corrected chi connectivity index (χ4v) is 36.4. The predicted octanol–water partition coefficient (Wildman–Crippen LogP) is 23.9. The van der Waals surface area contributed by atoms with E-state index in [1.165, 1.54) is 142 Å². The molecular formula is C84H70SiZr. The Morgan fingerprint density at radius 3 is 0.767 bits per heavy atom. The number of benzene rings is 14. The SMILES string of the molecule is CCCCC1=Cc2c(-c3c4ccccc4cc4ccccc34)ccc(-c3c4ccccc4cc4ccccc34)c2[CH]1[Zr]([CH3])([CH3])(=[SiH2])[CH]1C(CCCC)=Cc2c(-c3c4ccccc4cc4ccccc34)ccc(-c3c4ccccc4cc4ccccc34)c21. The topological polar surface area (TPSA) is 0 Å². The van der Waals surface area contributed by atoms with Gasteiger partial charge in [0.1, 0.15) is 0 Å². The number of hydrogen-bond acceptors (Lipinski definition) is 0. The van der Waals surface area contributed by atoms with Gasteiger partial charge in [-0.15, -0.1) is 0 Å². The third-order valence-corrected chi connectivity index (χ3v) is 37.6. The van der Waals surface area contributed by atoms with Crippen molar-refractivity contribution in [1.82, 2.24) is 0 Å². The summed E-state index contributed by atoms with van der Waals surface area (Å²) < 4.78 is 6.33. The van der Waals surface area contributed by atoms with Gasteiger partial charge in [0, 0.05) is 0 Å². The Morgan fingerprint density at radius 1 is 0.302 bits per heavy atom. The second-order valence-electron chi connectivity index (χ2n) is 26.2. The molecule has 0 N–H and O–H groups in total. The molecule has 0 fully saturated rings. The van der Waals surface area contributed by atoms with Gasteiger partial charge < -0.3 is 0 Å². The molecule has 0 saturated heterocycles. The molecule has 0 aromatic heterocycles. The van der Waals surface area contributed by atoms with Crippen LogP contribution in [-0.2, 0) is 17.4 Å². The molecule has 414 valence electrons. The van der Waals surface area contributed by atoms with Crippen molar-refractivity contribution in [1.29, 1.82) is 0 Å². The first-order chi connectivity index (χ1) is 42.2. The van der Waals surface area contributed by atoms with Crippen LogP contribution in [0.5, 0.6) is 0 Å². The van der Waals surface area contributed by atoms with E-state index in [2.05, 4.69) is 285 Å². The van der Waals surface area contributed by atoms with Crippen LogP contribution in [0, 0.1) is 0 Å². The van der Waals surface area contributed by atoms with Crippen LogP contribution in [0.2, 0.25) is 9.26 Å². The normalized spacial score (nSPS) is 15.2. The molecule has 0 bridgehead atoms. The number of hydrogen-bond donors (Lipinski definition) is 0. The van der Waals surface area contributed by atoms with Crippen LogP contribution in [-0.4, -0.2) is 6.88 Å². The van der Waals surface area contributed by atoms with Gasteiger partial charge >= 0.3 is 512 Å². The summed E-state index contributed by atoms with van der Waals surface area (Å²) in [6, 6.07) is 93.5. The molecule has 14 aromatic carbocycles. The Kier molecular flexibility index (Phi) is 12.8. The first-order valence-corrected chi connectivity index (χ1v) is 45.3. The van der Waals surface area contributed by atoms with Crippen molar-refractivity contribution in [3.05, 3.63) is 276 Å². The summed E-state index contributed by atoms with van der Waals surface area (Å²) in [7, 11) is 0. The zero-order valence-corrected chi connectivity index (χ0v) is 53.7. The van der Waals surface area contributed by atoms with E-state index in [9.17, 15) is 0 Å². The molecule has 2 heteroatoms. The third kappa shape index (κ3) is 8.30. The quantitative estimate of drug-likeness (QED) is 0.0845. The summed E-state index contributed by atoms with van der Waals surface area (Å²) in [5.41, 5.74) is 20.2. The fraction of sp³-hybridized carbons (Fsp3) is 0.143. The van der Waals surface area contributed by atoms with Gasteiger partial charge in [0.05, 0.1) is 0 Å². The molecule has 0 spiro atoms. The van der Waals surface area contributed by atoms with Crippen LogP contribution in [0.4, 0.5) is 0 Å². The van der Waals surface area contributed by atoms with E-state index in [1.807, 2.05) is 0 Å². The van der Waals surface area contributed by atoms with Crippen molar-refractivity contribution < 1.29 is 17.4 Å². The number of rotatable bonds is 12. The first kappa shape index (κ1) is 53.2. The third-order valence-electron chi connectivity index (χ3n) is 20.2. The Bertz CT molecular complexity index is 4770. The standard InChI is InChI=1S/2C41H31.2CH3.H2Si.Zr/c2*1-2-3-12-27-23-38-36(40-32-17-8-4-13-28(32)25-29-14-5-9-18-33(29)40)21-22-37(39(38)24-27)41-34-19-10-6-15-30(34)26-31-16-7-11-20-35(31)41;;;;/h2*4-11,13-26H,2-3,12H2,1H3;2*1H3;1H2;. The molecule has 0 radical (unpaired) electrons. The molecule has 0 heterocycles. The maximum absolute atomic E-state index is 4.74. The minimum atomic E-state index is -4.74. The Balaban J connectivity index is 1.06. The molecule has 2 aliphatic rings. The van der Waals surface area contributed by atoms with Crippen molar-refractivity contribution in [3.8, 4) is 44.5 Å². The zero-order chi connectivity index (χ0) is 57.9. The average molecular weight is 1200 g/mol. The van der Waals surface area contributed by atoms with Crippen molar-refractivity contribution in [2.24, 2.45) is 0 Å². The first-order valence-electron chi connectivity index (χ1n) is 31.6. The van der Waals surface area contributed by atoms with Gasteiger partial charge in [-0.05, 0) is 0 Å². The van der Waals surface area contributed by atoms with Crippen molar-refractivity contribution in [2.45, 2.75) is 68.9 Å². The second-order valence-corrected chi connectivity index (χ2v) is 56.7. The van der Waals surface area contributed by atoms with E-state index >= 15 is 0 Å². The summed E-state index contributed by atoms with van der Waals surface area (Å²) in [5, 5.41) is 20.9. The molecule has 2 aliphatic carbocycles. The summed E-state index contributed by atoms with van der Waals surface area (Å²) >= 11 is -4.74. The molecule has 14 aromatic rings. The van der Waals surface area contributed by atoms with Crippen LogP contribution in [0.3, 0.4) is 0 Å². The summed E-state index contributed by atoms with van der Waals surface area (Å²) in [4.78, 5) is 0. The summed E-state index contributed by atoms with van der Waals surface area (Å²) in [5.74, 6) is 0. The van der Waals surface area contributed by atoms with E-state index in [0.717, 1.165) is 38.5 Å². The van der Waals surface area contributed by atoms with Crippen LogP contribution >= 0.6 is 0 Å². The van der Waals surface area contributed by atoms with Gasteiger partial charge in [-0.25, -0.2) is 0 Å². The van der Waals surface area contributed by atoms with Crippen LogP contribution < -0.4 is 0 Å². The van der Waals surface area contributed by atoms with E-state index in [0.29, 0.717) is 0 Å². The molecular weight excluding hydrogens is 1130 g/mol. The van der Waals surface area contributed by atoms with Gasteiger partial charge in [0.25, 0.3) is 0 Å². The molecule has 0 saturated carbocycles. The molecule has 16 rings (SSSR count). The Labute approximate surface area is 508 Å². The van der Waals surface area contributed by atoms with E-state index in [-0.39, 0.29) is 7.25 Å². The Hall–Kier alpha value is -8.26. The molecule has 2 unspecified atom stereocenters. The van der Waals surface area contributed by atoms with Crippen LogP contribution in [0.1, 0.15) is 81.9 Å². The van der Waals surface area contributed by atoms with Crippen molar-refractivity contribution in [2.75, 3.05) is 0 Å². The molecule has 2 atom stereocenters. The van der Waals surface area contributed by atoms with E-state index in [4.69, 9.17) is 0 Å². The van der Waals surface area contributed by atoms with Gasteiger partial charge in [-0.3, -0.25) is 0 Å². The minimum absolute atomic E-state index is 0.227. The number of allylic oxidation sites excluding steroid dienone is 2. The van der Waals surface area contributed by atoms with Crippen LogP contribution in [0.15, 0.2) is 254 Å². The average Bonchev–Trinajstić information content (AvgIpc) is 3.33. The van der Waals surface area contributed by atoms with Crippen LogP contribution in [0.25, 0.3) is 143 Å². The Morgan fingerprint density at radius 2 is 0.523 bits per heavy atom. The maximum atomic E-state index is 2.94. The monoisotopic (exact) mass is 1200 g/mol. The number of fused-ring (bicyclic) bond motifs is 10. The van der Waals surface area contributed by atoms with Gasteiger partial charge in [-0.2, -0.15) is 0 Å². The van der Waals surface area contributed by atoms with E-state index in [1.54, 1.807) is 22.3 Å². The van der Waals surface area contributed by atoms with E-state index < -0.39 is 17.4 Å². The van der Waals surface area contributed by atoms with Gasteiger partial charge in [-0.1, -0.05) is 0 Å². The summed E-state index contributed by atoms with van der Waals surface area (Å²) in [6.45, 7) is 7.36. The molecule has 0 aliphatic heterocycles. The van der Waals surface area contributed by atoms with Gasteiger partial charge in [0.2, 0.25) is 0 Å². The molecule has 86 heavy (non-hydrogen) atoms. The number of unbranched alkanes of at least 4 members (excludes halogenated alkanes) is 2. The van der Waals surface area contributed by atoms with Crippen molar-refractivity contribution >= 4 is 105 Å². The van der Waals surface area contributed by atoms with Crippen molar-refractivity contribution in [3.63, 3.8) is 0 Å². The molecule has 0 amide bonds. The fourth-order valence-electron chi connectivity index (χ4n) is 16.7. The second kappa shape index (κ2) is 20.7.